The number of halogens is 3. The lowest BCUT2D eigenvalue weighted by molar-refractivity contribution is -0.138. The number of rotatable bonds is 4. The number of nitrogens with one attached hydrogen (secondary N) is 3. The Kier molecular flexibility index (Phi) is 5.74. The van der Waals surface area contributed by atoms with Crippen LogP contribution in [0.15, 0.2) is 42.0 Å². The second-order valence-electron chi connectivity index (χ2n) is 8.37. The van der Waals surface area contributed by atoms with E-state index in [0.717, 1.165) is 24.2 Å². The highest BCUT2D eigenvalue weighted by Crippen LogP contribution is 2.33. The smallest absolute Gasteiger partial charge is 0.366 e. The highest BCUT2D eigenvalue weighted by molar-refractivity contribution is 5.91. The number of dihydropyridines is 1. The molecule has 0 radical (unpaired) electrons. The van der Waals surface area contributed by atoms with Gasteiger partial charge < -0.3 is 15.5 Å². The first-order valence-electron chi connectivity index (χ1n) is 10.5. The fraction of sp³-hybridized carbons (Fsp3) is 0.476. The molecule has 2 atom stereocenters. The van der Waals surface area contributed by atoms with Gasteiger partial charge in [0.2, 0.25) is 5.91 Å². The van der Waals surface area contributed by atoms with E-state index in [4.69, 9.17) is 0 Å². The summed E-state index contributed by atoms with van der Waals surface area (Å²) in [6, 6.07) is 2.07. The van der Waals surface area contributed by atoms with Gasteiger partial charge in [0.1, 0.15) is 24.2 Å². The van der Waals surface area contributed by atoms with E-state index in [1.165, 1.54) is 6.08 Å². The van der Waals surface area contributed by atoms with Gasteiger partial charge in [-0.1, -0.05) is 26.0 Å². The van der Waals surface area contributed by atoms with E-state index in [2.05, 4.69) is 20.5 Å². The first-order chi connectivity index (χ1) is 15.1. The maximum atomic E-state index is 13.2. The lowest BCUT2D eigenvalue weighted by atomic mass is 10.1. The lowest BCUT2D eigenvalue weighted by Gasteiger charge is -2.40. The Morgan fingerprint density at radius 1 is 1.31 bits per heavy atom. The van der Waals surface area contributed by atoms with E-state index >= 15 is 0 Å². The summed E-state index contributed by atoms with van der Waals surface area (Å²) in [6.07, 6.45) is 1.13. The normalized spacial score (nSPS) is 22.1. The van der Waals surface area contributed by atoms with E-state index < -0.39 is 30.7 Å². The Bertz CT molecular complexity index is 957. The van der Waals surface area contributed by atoms with Crippen molar-refractivity contribution >= 4 is 17.8 Å². The van der Waals surface area contributed by atoms with Gasteiger partial charge in [0.25, 0.3) is 0 Å². The van der Waals surface area contributed by atoms with Crippen LogP contribution in [0.1, 0.15) is 31.7 Å². The van der Waals surface area contributed by atoms with Gasteiger partial charge in [-0.3, -0.25) is 15.0 Å². The standard InChI is InChI=1S/C21H25F3N6O2/c1-12(2)13-3-6-17(25-9-13)28-20(32)30-14-7-8-29(10-14)16-5-4-15(27-18(16)30)19(31)26-11-21(22,23)24/h3-6,9,12,14-15,27H,7-8,10-11H2,1-2H3,(H,26,31)(H,25,28,32)/t14-,15?/m0/s1. The van der Waals surface area contributed by atoms with Gasteiger partial charge in [0.05, 0.1) is 11.7 Å². The highest BCUT2D eigenvalue weighted by Gasteiger charge is 2.42. The number of hydrogen-bond donors (Lipinski definition) is 3. The number of pyridine rings is 1. The predicted octanol–water partition coefficient (Wildman–Crippen LogP) is 2.50. The van der Waals surface area contributed by atoms with Crippen LogP contribution in [-0.4, -0.2) is 64.6 Å². The Balaban J connectivity index is 1.51. The number of amides is 3. The summed E-state index contributed by atoms with van der Waals surface area (Å²) >= 11 is 0. The molecule has 0 spiro atoms. The molecule has 11 heteroatoms. The summed E-state index contributed by atoms with van der Waals surface area (Å²) in [6.45, 7) is 4.06. The average molecular weight is 450 g/mol. The maximum absolute atomic E-state index is 13.2. The lowest BCUT2D eigenvalue weighted by Crippen LogP contribution is -2.56. The molecule has 1 aromatic heterocycles. The van der Waals surface area contributed by atoms with Crippen molar-refractivity contribution in [2.45, 2.75) is 44.4 Å². The summed E-state index contributed by atoms with van der Waals surface area (Å²) < 4.78 is 37.4. The fourth-order valence-electron chi connectivity index (χ4n) is 4.05. The Morgan fingerprint density at radius 2 is 2.09 bits per heavy atom. The summed E-state index contributed by atoms with van der Waals surface area (Å²) in [7, 11) is 0. The van der Waals surface area contributed by atoms with Crippen LogP contribution in [0.4, 0.5) is 23.8 Å². The third-order valence-electron chi connectivity index (χ3n) is 5.74. The molecule has 4 rings (SSSR count). The molecular weight excluding hydrogens is 425 g/mol. The number of fused-ring (bicyclic) bond motifs is 3. The molecule has 1 unspecified atom stereocenters. The van der Waals surface area contributed by atoms with Crippen LogP contribution >= 0.6 is 0 Å². The van der Waals surface area contributed by atoms with Crippen molar-refractivity contribution in [3.63, 3.8) is 0 Å². The number of alkyl halides is 3. The summed E-state index contributed by atoms with van der Waals surface area (Å²) in [4.78, 5) is 33.4. The van der Waals surface area contributed by atoms with Crippen LogP contribution in [0, 0.1) is 0 Å². The number of carbonyl (C=O) groups excluding carboxylic acids is 2. The Labute approximate surface area is 183 Å². The van der Waals surface area contributed by atoms with Crippen LogP contribution < -0.4 is 16.0 Å². The van der Waals surface area contributed by atoms with E-state index in [-0.39, 0.29) is 6.04 Å². The number of anilines is 1. The minimum atomic E-state index is -4.50. The monoisotopic (exact) mass is 450 g/mol. The van der Waals surface area contributed by atoms with Crippen LogP contribution in [0.3, 0.4) is 0 Å². The van der Waals surface area contributed by atoms with Gasteiger partial charge >= 0.3 is 12.2 Å². The molecule has 1 saturated heterocycles. The molecule has 32 heavy (non-hydrogen) atoms. The maximum Gasteiger partial charge on any atom is 0.405 e. The van der Waals surface area contributed by atoms with E-state index in [1.54, 1.807) is 23.2 Å². The van der Waals surface area contributed by atoms with Crippen molar-refractivity contribution in [1.82, 2.24) is 25.4 Å². The van der Waals surface area contributed by atoms with Crippen molar-refractivity contribution in [2.24, 2.45) is 0 Å². The minimum absolute atomic E-state index is 0.124. The highest BCUT2D eigenvalue weighted by atomic mass is 19.4. The minimum Gasteiger partial charge on any atom is -0.366 e. The van der Waals surface area contributed by atoms with Gasteiger partial charge in [-0.2, -0.15) is 13.2 Å². The SMILES string of the molecule is CC(C)c1ccc(NC(=O)N2C3=C(C=CC(C(=O)NCC(F)(F)F)N3)N3CC[C@H]2C3)nc1. The van der Waals surface area contributed by atoms with Crippen LogP contribution in [0.2, 0.25) is 0 Å². The van der Waals surface area contributed by atoms with Gasteiger partial charge in [-0.15, -0.1) is 0 Å². The number of nitrogens with zero attached hydrogens (tertiary/aromatic N) is 3. The molecule has 1 fully saturated rings. The molecule has 1 aromatic rings. The van der Waals surface area contributed by atoms with Gasteiger partial charge in [-0.25, -0.2) is 9.78 Å². The molecule has 2 bridgehead atoms. The third-order valence-corrected chi connectivity index (χ3v) is 5.74. The third kappa shape index (κ3) is 4.51. The van der Waals surface area contributed by atoms with E-state index in [1.807, 2.05) is 25.2 Å². The molecule has 172 valence electrons. The van der Waals surface area contributed by atoms with Gasteiger partial charge in [-0.05, 0) is 30.0 Å². The zero-order valence-corrected chi connectivity index (χ0v) is 17.7. The second-order valence-corrected chi connectivity index (χ2v) is 8.37. The molecule has 3 aliphatic heterocycles. The molecule has 3 aliphatic rings. The fourth-order valence-corrected chi connectivity index (χ4v) is 4.05. The number of hydrogen-bond acceptors (Lipinski definition) is 5. The van der Waals surface area contributed by atoms with Crippen LogP contribution in [0.5, 0.6) is 0 Å². The molecule has 0 saturated carbocycles. The zero-order valence-electron chi connectivity index (χ0n) is 17.7. The van der Waals surface area contributed by atoms with E-state index in [9.17, 15) is 22.8 Å². The molecule has 0 aliphatic carbocycles. The van der Waals surface area contributed by atoms with Crippen molar-refractivity contribution < 1.29 is 22.8 Å². The molecule has 3 N–H and O–H groups in total. The number of aromatic nitrogens is 1. The Hall–Kier alpha value is -3.24. The number of allylic oxidation sites excluding steroid dienone is 1. The predicted molar refractivity (Wildman–Crippen MR) is 111 cm³/mol. The second kappa shape index (κ2) is 8.36. The van der Waals surface area contributed by atoms with Crippen LogP contribution in [0.25, 0.3) is 0 Å². The summed E-state index contributed by atoms with van der Waals surface area (Å²) in [5.41, 5.74) is 1.78. The van der Waals surface area contributed by atoms with Crippen molar-refractivity contribution in [1.29, 1.82) is 0 Å². The molecule has 8 nitrogen and oxygen atoms in total. The molecule has 0 aromatic carbocycles. The van der Waals surface area contributed by atoms with Gasteiger partial charge in [0, 0.05) is 19.3 Å². The van der Waals surface area contributed by atoms with Crippen molar-refractivity contribution in [2.75, 3.05) is 25.0 Å². The van der Waals surface area contributed by atoms with Gasteiger partial charge in [0.15, 0.2) is 0 Å². The van der Waals surface area contributed by atoms with E-state index in [0.29, 0.717) is 24.1 Å². The molecule has 3 amide bonds. The summed E-state index contributed by atoms with van der Waals surface area (Å²) in [5.74, 6) is 0.298. The number of carbonyl (C=O) groups is 2. The summed E-state index contributed by atoms with van der Waals surface area (Å²) in [5, 5.41) is 7.62. The quantitative estimate of drug-likeness (QED) is 0.656. The van der Waals surface area contributed by atoms with Crippen molar-refractivity contribution in [3.8, 4) is 0 Å². The zero-order chi connectivity index (χ0) is 23.0. The van der Waals surface area contributed by atoms with Crippen LogP contribution in [-0.2, 0) is 4.79 Å². The Morgan fingerprint density at radius 3 is 2.75 bits per heavy atom. The average Bonchev–Trinajstić information content (AvgIpc) is 3.15. The largest absolute Gasteiger partial charge is 0.405 e. The molecular formula is C21H25F3N6O2. The first-order valence-corrected chi connectivity index (χ1v) is 10.5. The van der Waals surface area contributed by atoms with Crippen molar-refractivity contribution in [3.05, 3.63) is 47.6 Å². The molecule has 4 heterocycles. The first kappa shape index (κ1) is 22.0. The number of urea groups is 1. The topological polar surface area (TPSA) is 89.6 Å².